The molecule has 0 saturated carbocycles. The normalized spacial score (nSPS) is 10.4. The lowest BCUT2D eigenvalue weighted by Crippen LogP contribution is -1.94. The van der Waals surface area contributed by atoms with Crippen molar-refractivity contribution in [2.24, 2.45) is 0 Å². The third-order valence-electron chi connectivity index (χ3n) is 1.75. The van der Waals surface area contributed by atoms with Crippen LogP contribution in [0.3, 0.4) is 0 Å². The maximum atomic E-state index is 8.92. The van der Waals surface area contributed by atoms with Crippen LogP contribution in [0.1, 0.15) is 18.1 Å². The Bertz CT molecular complexity index is 274. The molecule has 0 fully saturated rings. The zero-order valence-corrected chi connectivity index (χ0v) is 9.17. The minimum atomic E-state index is 0.0758. The molecule has 0 radical (unpaired) electrons. The number of rotatable bonds is 4. The summed E-state index contributed by atoms with van der Waals surface area (Å²) in [5.41, 5.74) is 1.99. The van der Waals surface area contributed by atoms with Crippen LogP contribution in [-0.4, -0.2) is 11.7 Å². The van der Waals surface area contributed by atoms with Gasteiger partial charge in [-0.2, -0.15) is 0 Å². The number of hydrogen-bond acceptors (Lipinski definition) is 2. The van der Waals surface area contributed by atoms with Crippen LogP contribution < -0.4 is 0 Å². The van der Waals surface area contributed by atoms with E-state index in [1.54, 1.807) is 0 Å². The first-order valence-corrected chi connectivity index (χ1v) is 5.03. The van der Waals surface area contributed by atoms with E-state index in [-0.39, 0.29) is 6.61 Å². The van der Waals surface area contributed by atoms with E-state index in [9.17, 15) is 0 Å². The number of aliphatic hydroxyl groups is 1. The summed E-state index contributed by atoms with van der Waals surface area (Å²) in [6.45, 7) is 3.33. The molecule has 0 bridgehead atoms. The van der Waals surface area contributed by atoms with E-state index in [0.29, 0.717) is 13.2 Å². The molecule has 1 rings (SSSR count). The summed E-state index contributed by atoms with van der Waals surface area (Å²) in [4.78, 5) is 0. The number of ether oxygens (including phenoxy) is 1. The Kier molecular flexibility index (Phi) is 4.42. The molecule has 72 valence electrons. The summed E-state index contributed by atoms with van der Waals surface area (Å²) in [5.74, 6) is 0. The molecule has 2 nitrogen and oxygen atoms in total. The van der Waals surface area contributed by atoms with Gasteiger partial charge in [-0.05, 0) is 24.1 Å². The zero-order chi connectivity index (χ0) is 9.68. The molecule has 13 heavy (non-hydrogen) atoms. The van der Waals surface area contributed by atoms with Crippen LogP contribution in [0.5, 0.6) is 0 Å². The number of halogens is 1. The highest BCUT2D eigenvalue weighted by Crippen LogP contribution is 2.19. The van der Waals surface area contributed by atoms with Crippen LogP contribution in [0, 0.1) is 0 Å². The van der Waals surface area contributed by atoms with Gasteiger partial charge in [-0.3, -0.25) is 0 Å². The van der Waals surface area contributed by atoms with Gasteiger partial charge in [0, 0.05) is 11.1 Å². The van der Waals surface area contributed by atoms with Crippen molar-refractivity contribution in [3.8, 4) is 0 Å². The Morgan fingerprint density at radius 3 is 2.85 bits per heavy atom. The van der Waals surface area contributed by atoms with Gasteiger partial charge < -0.3 is 9.84 Å². The van der Waals surface area contributed by atoms with Gasteiger partial charge in [-0.15, -0.1) is 0 Å². The Labute approximate surface area is 86.7 Å². The molecule has 0 aromatic heterocycles. The van der Waals surface area contributed by atoms with E-state index >= 15 is 0 Å². The summed E-state index contributed by atoms with van der Waals surface area (Å²) in [5, 5.41) is 8.92. The molecule has 0 aliphatic heterocycles. The van der Waals surface area contributed by atoms with E-state index < -0.39 is 0 Å². The van der Waals surface area contributed by atoms with E-state index in [1.165, 1.54) is 0 Å². The molecule has 1 aromatic carbocycles. The lowest BCUT2D eigenvalue weighted by atomic mass is 10.1. The van der Waals surface area contributed by atoms with Crippen LogP contribution in [0.25, 0.3) is 0 Å². The molecule has 0 atom stereocenters. The SMILES string of the molecule is CCOCc1cc(CO)ccc1Br. The molecular formula is C10H13BrO2. The summed E-state index contributed by atoms with van der Waals surface area (Å²) in [6, 6.07) is 5.76. The van der Waals surface area contributed by atoms with E-state index in [4.69, 9.17) is 9.84 Å². The third-order valence-corrected chi connectivity index (χ3v) is 2.53. The molecule has 0 spiro atoms. The van der Waals surface area contributed by atoms with Gasteiger partial charge >= 0.3 is 0 Å². The third kappa shape index (κ3) is 3.10. The average Bonchev–Trinajstić information content (AvgIpc) is 2.17. The molecule has 0 saturated heterocycles. The number of aliphatic hydroxyl groups excluding tert-OH is 1. The maximum Gasteiger partial charge on any atom is 0.0727 e. The van der Waals surface area contributed by atoms with Crippen molar-refractivity contribution in [1.82, 2.24) is 0 Å². The Balaban J connectivity index is 2.78. The standard InChI is InChI=1S/C10H13BrO2/c1-2-13-7-9-5-8(6-12)3-4-10(9)11/h3-5,12H,2,6-7H2,1H3. The van der Waals surface area contributed by atoms with Crippen molar-refractivity contribution < 1.29 is 9.84 Å². The fraction of sp³-hybridized carbons (Fsp3) is 0.400. The predicted molar refractivity (Wildman–Crippen MR) is 55.4 cm³/mol. The quantitative estimate of drug-likeness (QED) is 0.882. The van der Waals surface area contributed by atoms with Crippen molar-refractivity contribution in [3.05, 3.63) is 33.8 Å². The molecule has 0 aliphatic carbocycles. The molecule has 1 aromatic rings. The van der Waals surface area contributed by atoms with Crippen LogP contribution in [0.4, 0.5) is 0 Å². The van der Waals surface area contributed by atoms with Gasteiger partial charge in [-0.25, -0.2) is 0 Å². The van der Waals surface area contributed by atoms with E-state index in [1.807, 2.05) is 25.1 Å². The van der Waals surface area contributed by atoms with Crippen molar-refractivity contribution in [1.29, 1.82) is 0 Å². The molecule has 0 amide bonds. The van der Waals surface area contributed by atoms with Crippen molar-refractivity contribution in [2.75, 3.05) is 6.61 Å². The fourth-order valence-corrected chi connectivity index (χ4v) is 1.41. The Morgan fingerprint density at radius 1 is 1.46 bits per heavy atom. The van der Waals surface area contributed by atoms with Crippen molar-refractivity contribution >= 4 is 15.9 Å². The van der Waals surface area contributed by atoms with E-state index in [2.05, 4.69) is 15.9 Å². The molecular weight excluding hydrogens is 232 g/mol. The largest absolute Gasteiger partial charge is 0.392 e. The number of hydrogen-bond donors (Lipinski definition) is 1. The first kappa shape index (κ1) is 10.7. The topological polar surface area (TPSA) is 29.5 Å². The van der Waals surface area contributed by atoms with Crippen LogP contribution >= 0.6 is 15.9 Å². The summed E-state index contributed by atoms with van der Waals surface area (Å²) in [6.07, 6.45) is 0. The summed E-state index contributed by atoms with van der Waals surface area (Å²) < 4.78 is 6.31. The molecule has 3 heteroatoms. The van der Waals surface area contributed by atoms with Gasteiger partial charge in [-0.1, -0.05) is 28.1 Å². The van der Waals surface area contributed by atoms with Crippen molar-refractivity contribution in [2.45, 2.75) is 20.1 Å². The van der Waals surface area contributed by atoms with Gasteiger partial charge in [0.15, 0.2) is 0 Å². The second-order valence-electron chi connectivity index (χ2n) is 2.72. The molecule has 1 N–H and O–H groups in total. The first-order valence-electron chi connectivity index (χ1n) is 4.23. The van der Waals surface area contributed by atoms with Crippen LogP contribution in [0.15, 0.2) is 22.7 Å². The summed E-state index contributed by atoms with van der Waals surface area (Å²) in [7, 11) is 0. The molecule has 0 unspecified atom stereocenters. The average molecular weight is 245 g/mol. The fourth-order valence-electron chi connectivity index (χ4n) is 1.05. The second-order valence-corrected chi connectivity index (χ2v) is 3.58. The molecule has 0 aliphatic rings. The zero-order valence-electron chi connectivity index (χ0n) is 7.59. The smallest absolute Gasteiger partial charge is 0.0727 e. The van der Waals surface area contributed by atoms with Crippen molar-refractivity contribution in [3.63, 3.8) is 0 Å². The predicted octanol–water partition coefficient (Wildman–Crippen LogP) is 2.48. The van der Waals surface area contributed by atoms with E-state index in [0.717, 1.165) is 15.6 Å². The lowest BCUT2D eigenvalue weighted by molar-refractivity contribution is 0.133. The highest BCUT2D eigenvalue weighted by molar-refractivity contribution is 9.10. The highest BCUT2D eigenvalue weighted by atomic mass is 79.9. The van der Waals surface area contributed by atoms with Gasteiger partial charge in [0.05, 0.1) is 13.2 Å². The minimum absolute atomic E-state index is 0.0758. The first-order chi connectivity index (χ1) is 6.27. The van der Waals surface area contributed by atoms with Crippen LogP contribution in [-0.2, 0) is 18.0 Å². The van der Waals surface area contributed by atoms with Crippen LogP contribution in [0.2, 0.25) is 0 Å². The van der Waals surface area contributed by atoms with Gasteiger partial charge in [0.2, 0.25) is 0 Å². The maximum absolute atomic E-state index is 8.92. The monoisotopic (exact) mass is 244 g/mol. The summed E-state index contributed by atoms with van der Waals surface area (Å²) >= 11 is 3.43. The lowest BCUT2D eigenvalue weighted by Gasteiger charge is -2.06. The number of benzene rings is 1. The Morgan fingerprint density at radius 2 is 2.23 bits per heavy atom. The second kappa shape index (κ2) is 5.37. The van der Waals surface area contributed by atoms with Gasteiger partial charge in [0.25, 0.3) is 0 Å². The van der Waals surface area contributed by atoms with Gasteiger partial charge in [0.1, 0.15) is 0 Å². The molecule has 0 heterocycles. The minimum Gasteiger partial charge on any atom is -0.392 e. The Hall–Kier alpha value is -0.380. The highest BCUT2D eigenvalue weighted by Gasteiger charge is 2.00.